The molecule has 0 aliphatic carbocycles. The summed E-state index contributed by atoms with van der Waals surface area (Å²) in [5.41, 5.74) is 1.69. The van der Waals surface area contributed by atoms with Gasteiger partial charge in [-0.2, -0.15) is 0 Å². The molecule has 1 aliphatic heterocycles. The molecule has 20 heavy (non-hydrogen) atoms. The van der Waals surface area contributed by atoms with E-state index in [2.05, 4.69) is 0 Å². The summed E-state index contributed by atoms with van der Waals surface area (Å²) in [4.78, 5) is 13.6. The van der Waals surface area contributed by atoms with Crippen molar-refractivity contribution in [2.75, 3.05) is 12.0 Å². The number of carbonyl (C=O) groups is 1. The second-order valence-electron chi connectivity index (χ2n) is 4.71. The summed E-state index contributed by atoms with van der Waals surface area (Å²) in [6, 6.07) is 16.5. The SMILES string of the molecule is COc1ccc(N2C(=O)[C@H](O)C2c2ccccc2)cc1. The summed E-state index contributed by atoms with van der Waals surface area (Å²) in [6.07, 6.45) is -0.973. The smallest absolute Gasteiger partial charge is 0.259 e. The van der Waals surface area contributed by atoms with Crippen LogP contribution in [0.3, 0.4) is 0 Å². The van der Waals surface area contributed by atoms with Gasteiger partial charge < -0.3 is 9.84 Å². The van der Waals surface area contributed by atoms with Crippen LogP contribution in [-0.4, -0.2) is 24.2 Å². The first-order valence-corrected chi connectivity index (χ1v) is 6.42. The largest absolute Gasteiger partial charge is 0.497 e. The standard InChI is InChI=1S/C16H15NO3/c1-20-13-9-7-12(8-10-13)17-14(15(18)16(17)19)11-5-3-2-4-6-11/h2-10,14-15,18H,1H3/t14?,15-/m1/s1. The molecule has 102 valence electrons. The van der Waals surface area contributed by atoms with E-state index in [1.54, 1.807) is 24.1 Å². The van der Waals surface area contributed by atoms with Crippen LogP contribution in [0.1, 0.15) is 11.6 Å². The van der Waals surface area contributed by atoms with Crippen LogP contribution in [0, 0.1) is 0 Å². The lowest BCUT2D eigenvalue weighted by molar-refractivity contribution is -0.137. The summed E-state index contributed by atoms with van der Waals surface area (Å²) in [6.45, 7) is 0. The number of ether oxygens (including phenoxy) is 1. The Hall–Kier alpha value is -2.33. The Balaban J connectivity index is 1.92. The molecule has 1 amide bonds. The van der Waals surface area contributed by atoms with Gasteiger partial charge in [-0.3, -0.25) is 9.69 Å². The minimum atomic E-state index is -0.973. The maximum atomic E-state index is 11.9. The fraction of sp³-hybridized carbons (Fsp3) is 0.188. The first-order valence-electron chi connectivity index (χ1n) is 6.42. The summed E-state index contributed by atoms with van der Waals surface area (Å²) in [5.74, 6) is 0.461. The van der Waals surface area contributed by atoms with Crippen molar-refractivity contribution in [2.24, 2.45) is 0 Å². The van der Waals surface area contributed by atoms with E-state index < -0.39 is 6.10 Å². The molecule has 1 aliphatic rings. The molecule has 0 radical (unpaired) electrons. The van der Waals surface area contributed by atoms with Gasteiger partial charge in [0, 0.05) is 5.69 Å². The van der Waals surface area contributed by atoms with Crippen molar-refractivity contribution < 1.29 is 14.6 Å². The topological polar surface area (TPSA) is 49.8 Å². The first kappa shape index (κ1) is 12.7. The molecular formula is C16H15NO3. The monoisotopic (exact) mass is 269 g/mol. The second kappa shape index (κ2) is 4.98. The number of benzene rings is 2. The van der Waals surface area contributed by atoms with E-state index in [4.69, 9.17) is 4.74 Å². The number of nitrogens with zero attached hydrogens (tertiary/aromatic N) is 1. The maximum Gasteiger partial charge on any atom is 0.259 e. The third kappa shape index (κ3) is 1.94. The van der Waals surface area contributed by atoms with Crippen LogP contribution in [0.2, 0.25) is 0 Å². The van der Waals surface area contributed by atoms with Gasteiger partial charge in [-0.05, 0) is 29.8 Å². The zero-order valence-electron chi connectivity index (χ0n) is 11.1. The van der Waals surface area contributed by atoms with Crippen molar-refractivity contribution in [3.05, 3.63) is 60.2 Å². The van der Waals surface area contributed by atoms with Gasteiger partial charge >= 0.3 is 0 Å². The van der Waals surface area contributed by atoms with Gasteiger partial charge in [0.1, 0.15) is 5.75 Å². The number of carbonyl (C=O) groups excluding carboxylic acids is 1. The number of aliphatic hydroxyl groups is 1. The van der Waals surface area contributed by atoms with Crippen molar-refractivity contribution in [3.8, 4) is 5.75 Å². The molecule has 1 saturated heterocycles. The lowest BCUT2D eigenvalue weighted by Crippen LogP contribution is -2.59. The van der Waals surface area contributed by atoms with Crippen molar-refractivity contribution >= 4 is 11.6 Å². The number of hydrogen-bond acceptors (Lipinski definition) is 3. The Morgan fingerprint density at radius 3 is 2.30 bits per heavy atom. The Morgan fingerprint density at radius 1 is 1.05 bits per heavy atom. The van der Waals surface area contributed by atoms with E-state index in [-0.39, 0.29) is 11.9 Å². The molecule has 0 bridgehead atoms. The Kier molecular flexibility index (Phi) is 3.16. The highest BCUT2D eigenvalue weighted by atomic mass is 16.5. The highest BCUT2D eigenvalue weighted by molar-refractivity contribution is 6.04. The van der Waals surface area contributed by atoms with Crippen LogP contribution in [0.25, 0.3) is 0 Å². The number of amides is 1. The van der Waals surface area contributed by atoms with Crippen LogP contribution in [0.15, 0.2) is 54.6 Å². The van der Waals surface area contributed by atoms with Crippen LogP contribution in [-0.2, 0) is 4.79 Å². The summed E-state index contributed by atoms with van der Waals surface area (Å²) in [7, 11) is 1.60. The second-order valence-corrected chi connectivity index (χ2v) is 4.71. The van der Waals surface area contributed by atoms with E-state index in [9.17, 15) is 9.90 Å². The lowest BCUT2D eigenvalue weighted by atomic mass is 9.90. The van der Waals surface area contributed by atoms with Gasteiger partial charge in [0.05, 0.1) is 13.2 Å². The van der Waals surface area contributed by atoms with Gasteiger partial charge in [0.2, 0.25) is 0 Å². The molecule has 1 N–H and O–H groups in total. The summed E-state index contributed by atoms with van der Waals surface area (Å²) < 4.78 is 5.11. The van der Waals surface area contributed by atoms with E-state index in [0.717, 1.165) is 17.0 Å². The molecule has 4 heteroatoms. The zero-order valence-corrected chi connectivity index (χ0v) is 11.1. The van der Waals surface area contributed by atoms with Gasteiger partial charge in [0.15, 0.2) is 6.10 Å². The molecule has 1 fully saturated rings. The van der Waals surface area contributed by atoms with E-state index in [1.165, 1.54) is 0 Å². The third-order valence-corrected chi connectivity index (χ3v) is 3.56. The average molecular weight is 269 g/mol. The summed E-state index contributed by atoms with van der Waals surface area (Å²) >= 11 is 0. The average Bonchev–Trinajstić information content (AvgIpc) is 2.52. The zero-order chi connectivity index (χ0) is 14.1. The fourth-order valence-electron chi connectivity index (χ4n) is 2.49. The van der Waals surface area contributed by atoms with Crippen molar-refractivity contribution in [1.29, 1.82) is 0 Å². The van der Waals surface area contributed by atoms with Gasteiger partial charge in [-0.25, -0.2) is 0 Å². The predicted molar refractivity (Wildman–Crippen MR) is 75.7 cm³/mol. The Bertz CT molecular complexity index is 609. The van der Waals surface area contributed by atoms with Crippen LogP contribution in [0.4, 0.5) is 5.69 Å². The summed E-state index contributed by atoms with van der Waals surface area (Å²) in [5, 5.41) is 9.95. The van der Waals surface area contributed by atoms with Crippen LogP contribution < -0.4 is 9.64 Å². The van der Waals surface area contributed by atoms with E-state index in [0.29, 0.717) is 0 Å². The van der Waals surface area contributed by atoms with Crippen molar-refractivity contribution in [1.82, 2.24) is 0 Å². The molecule has 2 atom stereocenters. The molecule has 2 aromatic carbocycles. The fourth-order valence-corrected chi connectivity index (χ4v) is 2.49. The number of β-lactam (4-membered cyclic amide) rings is 1. The van der Waals surface area contributed by atoms with Crippen molar-refractivity contribution in [2.45, 2.75) is 12.1 Å². The van der Waals surface area contributed by atoms with Crippen LogP contribution in [0.5, 0.6) is 5.75 Å². The quantitative estimate of drug-likeness (QED) is 0.869. The van der Waals surface area contributed by atoms with Crippen LogP contribution >= 0.6 is 0 Å². The van der Waals surface area contributed by atoms with E-state index >= 15 is 0 Å². The van der Waals surface area contributed by atoms with Gasteiger partial charge in [0.25, 0.3) is 5.91 Å². The molecule has 4 nitrogen and oxygen atoms in total. The molecule has 1 heterocycles. The maximum absolute atomic E-state index is 11.9. The Labute approximate surface area is 117 Å². The van der Waals surface area contributed by atoms with Gasteiger partial charge in [-0.15, -0.1) is 0 Å². The number of rotatable bonds is 3. The molecule has 0 saturated carbocycles. The minimum Gasteiger partial charge on any atom is -0.497 e. The number of hydrogen-bond donors (Lipinski definition) is 1. The van der Waals surface area contributed by atoms with Gasteiger partial charge in [-0.1, -0.05) is 30.3 Å². The molecule has 3 rings (SSSR count). The molecule has 2 aromatic rings. The Morgan fingerprint density at radius 2 is 1.70 bits per heavy atom. The molecule has 1 unspecified atom stereocenters. The predicted octanol–water partition coefficient (Wildman–Crippen LogP) is 2.14. The minimum absolute atomic E-state index is 0.274. The number of aliphatic hydroxyl groups excluding tert-OH is 1. The van der Waals surface area contributed by atoms with E-state index in [1.807, 2.05) is 42.5 Å². The normalized spacial score (nSPS) is 21.5. The first-order chi connectivity index (χ1) is 9.72. The molecule has 0 aromatic heterocycles. The molecule has 0 spiro atoms. The highest BCUT2D eigenvalue weighted by Gasteiger charge is 2.47. The molecular weight excluding hydrogens is 254 g/mol. The van der Waals surface area contributed by atoms with Crippen molar-refractivity contribution in [3.63, 3.8) is 0 Å². The number of methoxy groups -OCH3 is 1. The third-order valence-electron chi connectivity index (χ3n) is 3.56. The lowest BCUT2D eigenvalue weighted by Gasteiger charge is -2.44. The number of anilines is 1. The highest BCUT2D eigenvalue weighted by Crippen LogP contribution is 2.39.